The van der Waals surface area contributed by atoms with Gasteiger partial charge in [0.15, 0.2) is 5.16 Å². The van der Waals surface area contributed by atoms with Crippen LogP contribution in [0.5, 0.6) is 0 Å². The highest BCUT2D eigenvalue weighted by molar-refractivity contribution is 7.99. The average molecular weight is 342 g/mol. The summed E-state index contributed by atoms with van der Waals surface area (Å²) in [5.74, 6) is 0.596. The molecule has 0 unspecified atom stereocenters. The fraction of sp³-hybridized carbons (Fsp3) is 0.235. The predicted molar refractivity (Wildman–Crippen MR) is 92.1 cm³/mol. The number of carbonyl (C=O) groups excluding carboxylic acids is 1. The SMILES string of the molecule is Cc1noc(C)c1CC(=O)Nc1ccc(Sc2nccn2C)cc1. The van der Waals surface area contributed by atoms with Crippen molar-refractivity contribution < 1.29 is 9.32 Å². The van der Waals surface area contributed by atoms with Crippen LogP contribution in [0.25, 0.3) is 0 Å². The Bertz CT molecular complexity index is 832. The summed E-state index contributed by atoms with van der Waals surface area (Å²) < 4.78 is 7.04. The number of amides is 1. The van der Waals surface area contributed by atoms with Gasteiger partial charge in [-0.05, 0) is 38.1 Å². The molecule has 0 atom stereocenters. The van der Waals surface area contributed by atoms with Crippen molar-refractivity contribution in [2.45, 2.75) is 30.3 Å². The van der Waals surface area contributed by atoms with Crippen molar-refractivity contribution in [3.8, 4) is 0 Å². The minimum Gasteiger partial charge on any atom is -0.361 e. The number of nitrogens with zero attached hydrogens (tertiary/aromatic N) is 3. The first-order valence-electron chi connectivity index (χ1n) is 7.50. The molecule has 3 aromatic rings. The molecule has 2 aromatic heterocycles. The van der Waals surface area contributed by atoms with Gasteiger partial charge in [0.25, 0.3) is 0 Å². The summed E-state index contributed by atoms with van der Waals surface area (Å²) in [6, 6.07) is 7.70. The van der Waals surface area contributed by atoms with Crippen LogP contribution in [0.15, 0.2) is 51.2 Å². The number of hydrogen-bond acceptors (Lipinski definition) is 5. The molecule has 0 aliphatic carbocycles. The topological polar surface area (TPSA) is 73.0 Å². The first kappa shape index (κ1) is 16.3. The molecule has 7 heteroatoms. The van der Waals surface area contributed by atoms with Crippen LogP contribution in [0.4, 0.5) is 5.69 Å². The fourth-order valence-electron chi connectivity index (χ4n) is 2.28. The lowest BCUT2D eigenvalue weighted by atomic mass is 10.1. The van der Waals surface area contributed by atoms with Crippen molar-refractivity contribution in [1.82, 2.24) is 14.7 Å². The van der Waals surface area contributed by atoms with E-state index in [0.717, 1.165) is 27.0 Å². The summed E-state index contributed by atoms with van der Waals surface area (Å²) in [6.45, 7) is 3.65. The molecule has 0 aliphatic heterocycles. The molecule has 0 spiro atoms. The molecule has 0 aliphatic rings. The van der Waals surface area contributed by atoms with E-state index in [1.54, 1.807) is 18.0 Å². The number of rotatable bonds is 5. The van der Waals surface area contributed by atoms with Crippen LogP contribution < -0.4 is 5.32 Å². The Labute approximate surface area is 144 Å². The van der Waals surface area contributed by atoms with Gasteiger partial charge >= 0.3 is 0 Å². The van der Waals surface area contributed by atoms with Crippen LogP contribution in [0.2, 0.25) is 0 Å². The molecule has 3 rings (SSSR count). The molecule has 1 N–H and O–H groups in total. The lowest BCUT2D eigenvalue weighted by molar-refractivity contribution is -0.115. The quantitative estimate of drug-likeness (QED) is 0.770. The Morgan fingerprint density at radius 3 is 2.62 bits per heavy atom. The Morgan fingerprint density at radius 1 is 1.29 bits per heavy atom. The zero-order valence-corrected chi connectivity index (χ0v) is 14.6. The van der Waals surface area contributed by atoms with E-state index in [1.807, 2.05) is 55.9 Å². The summed E-state index contributed by atoms with van der Waals surface area (Å²) in [5.41, 5.74) is 2.36. The van der Waals surface area contributed by atoms with Crippen LogP contribution in [0, 0.1) is 13.8 Å². The minimum absolute atomic E-state index is 0.0890. The molecule has 1 amide bonds. The maximum atomic E-state index is 12.2. The summed E-state index contributed by atoms with van der Waals surface area (Å²) in [6.07, 6.45) is 3.93. The van der Waals surface area contributed by atoms with E-state index in [4.69, 9.17) is 4.52 Å². The number of imidazole rings is 1. The van der Waals surface area contributed by atoms with Crippen LogP contribution in [0.1, 0.15) is 17.0 Å². The third-order valence-electron chi connectivity index (χ3n) is 3.64. The molecule has 0 saturated carbocycles. The first-order chi connectivity index (χ1) is 11.5. The summed E-state index contributed by atoms with van der Waals surface area (Å²) in [4.78, 5) is 17.5. The molecule has 2 heterocycles. The van der Waals surface area contributed by atoms with E-state index in [2.05, 4.69) is 15.5 Å². The molecule has 0 saturated heterocycles. The van der Waals surface area contributed by atoms with E-state index in [1.165, 1.54) is 0 Å². The largest absolute Gasteiger partial charge is 0.361 e. The van der Waals surface area contributed by atoms with Gasteiger partial charge in [0.1, 0.15) is 5.76 Å². The third-order valence-corrected chi connectivity index (χ3v) is 4.73. The zero-order valence-electron chi connectivity index (χ0n) is 13.7. The highest BCUT2D eigenvalue weighted by Crippen LogP contribution is 2.26. The number of anilines is 1. The van der Waals surface area contributed by atoms with Crippen LogP contribution in [-0.2, 0) is 18.3 Å². The van der Waals surface area contributed by atoms with Crippen molar-refractivity contribution in [1.29, 1.82) is 0 Å². The first-order valence-corrected chi connectivity index (χ1v) is 8.31. The second-order valence-corrected chi connectivity index (χ2v) is 6.52. The van der Waals surface area contributed by atoms with E-state index in [9.17, 15) is 4.79 Å². The second-order valence-electron chi connectivity index (χ2n) is 5.47. The predicted octanol–water partition coefficient (Wildman–Crippen LogP) is 3.36. The van der Waals surface area contributed by atoms with Crippen LogP contribution in [-0.4, -0.2) is 20.6 Å². The number of carbonyl (C=O) groups is 1. The molecule has 0 radical (unpaired) electrons. The standard InChI is InChI=1S/C17H18N4O2S/c1-11-15(12(2)23-20-11)10-16(22)19-13-4-6-14(7-5-13)24-17-18-8-9-21(17)3/h4-9H,10H2,1-3H3,(H,19,22). The molecule has 0 fully saturated rings. The van der Waals surface area contributed by atoms with Gasteiger partial charge in [-0.25, -0.2) is 4.98 Å². The van der Waals surface area contributed by atoms with Gasteiger partial charge in [0, 0.05) is 35.6 Å². The second kappa shape index (κ2) is 6.92. The summed E-state index contributed by atoms with van der Waals surface area (Å²) >= 11 is 1.57. The summed E-state index contributed by atoms with van der Waals surface area (Å²) in [7, 11) is 1.96. The highest BCUT2D eigenvalue weighted by atomic mass is 32.2. The van der Waals surface area contributed by atoms with Gasteiger partial charge in [-0.2, -0.15) is 0 Å². The van der Waals surface area contributed by atoms with Gasteiger partial charge in [0.2, 0.25) is 5.91 Å². The van der Waals surface area contributed by atoms with Gasteiger partial charge in [-0.3, -0.25) is 4.79 Å². The lowest BCUT2D eigenvalue weighted by Gasteiger charge is -2.06. The van der Waals surface area contributed by atoms with Crippen LogP contribution >= 0.6 is 11.8 Å². The third kappa shape index (κ3) is 3.68. The Hall–Kier alpha value is -2.54. The molecule has 124 valence electrons. The number of hydrogen-bond donors (Lipinski definition) is 1. The van der Waals surface area contributed by atoms with Crippen molar-refractivity contribution in [2.75, 3.05) is 5.32 Å². The van der Waals surface area contributed by atoms with E-state index >= 15 is 0 Å². The van der Waals surface area contributed by atoms with Crippen molar-refractivity contribution in [3.05, 3.63) is 53.7 Å². The lowest BCUT2D eigenvalue weighted by Crippen LogP contribution is -2.15. The molecular formula is C17H18N4O2S. The van der Waals surface area contributed by atoms with Crippen LogP contribution in [0.3, 0.4) is 0 Å². The zero-order chi connectivity index (χ0) is 17.1. The van der Waals surface area contributed by atoms with Gasteiger partial charge < -0.3 is 14.4 Å². The van der Waals surface area contributed by atoms with E-state index in [-0.39, 0.29) is 12.3 Å². The Balaban J connectivity index is 1.62. The highest BCUT2D eigenvalue weighted by Gasteiger charge is 2.13. The molecule has 1 aromatic carbocycles. The van der Waals surface area contributed by atoms with E-state index < -0.39 is 0 Å². The Morgan fingerprint density at radius 2 is 2.04 bits per heavy atom. The molecular weight excluding hydrogens is 324 g/mol. The maximum absolute atomic E-state index is 12.2. The Kier molecular flexibility index (Phi) is 4.71. The maximum Gasteiger partial charge on any atom is 0.228 e. The van der Waals surface area contributed by atoms with Gasteiger partial charge in [0.05, 0.1) is 12.1 Å². The van der Waals surface area contributed by atoms with Crippen molar-refractivity contribution in [3.63, 3.8) is 0 Å². The number of benzene rings is 1. The normalized spacial score (nSPS) is 10.8. The van der Waals surface area contributed by atoms with Crippen molar-refractivity contribution >= 4 is 23.4 Å². The van der Waals surface area contributed by atoms with Crippen molar-refractivity contribution in [2.24, 2.45) is 7.05 Å². The molecule has 24 heavy (non-hydrogen) atoms. The minimum atomic E-state index is -0.0890. The van der Waals surface area contributed by atoms with E-state index in [0.29, 0.717) is 5.76 Å². The number of nitrogens with one attached hydrogen (secondary N) is 1. The van der Waals surface area contributed by atoms with Gasteiger partial charge in [-0.15, -0.1) is 0 Å². The average Bonchev–Trinajstić information content (AvgIpc) is 3.10. The fourth-order valence-corrected chi connectivity index (χ4v) is 3.08. The molecule has 6 nitrogen and oxygen atoms in total. The molecule has 0 bridgehead atoms. The smallest absolute Gasteiger partial charge is 0.228 e. The number of aryl methyl sites for hydroxylation is 3. The monoisotopic (exact) mass is 342 g/mol. The number of aromatic nitrogens is 3. The van der Waals surface area contributed by atoms with Gasteiger partial charge in [-0.1, -0.05) is 16.9 Å². The summed E-state index contributed by atoms with van der Waals surface area (Å²) in [5, 5.41) is 7.68.